The fourth-order valence-corrected chi connectivity index (χ4v) is 4.56. The first-order chi connectivity index (χ1) is 11.0. The van der Waals surface area contributed by atoms with Crippen LogP contribution in [0, 0.1) is 5.92 Å². The number of aldehydes is 1. The maximum Gasteiger partial charge on any atom is 0.184 e. The minimum Gasteiger partial charge on any atom is -0.410 e. The SMILES string of the molecule is C[Si](C)(C)OC1c2ccccc2CC(c2ccccc2)C1C=O. The molecule has 1 aliphatic rings. The minimum absolute atomic E-state index is 0.126. The second-order valence-electron chi connectivity index (χ2n) is 7.28. The van der Waals surface area contributed by atoms with E-state index < -0.39 is 8.32 Å². The normalized spacial score (nSPS) is 24.0. The van der Waals surface area contributed by atoms with Gasteiger partial charge >= 0.3 is 0 Å². The van der Waals surface area contributed by atoms with Gasteiger partial charge in [-0.25, -0.2) is 0 Å². The van der Waals surface area contributed by atoms with Crippen molar-refractivity contribution in [2.45, 2.75) is 38.1 Å². The third-order valence-electron chi connectivity index (χ3n) is 4.48. The Hall–Kier alpha value is -1.71. The van der Waals surface area contributed by atoms with Crippen LogP contribution in [-0.4, -0.2) is 14.6 Å². The summed E-state index contributed by atoms with van der Waals surface area (Å²) in [6.45, 7) is 6.55. The van der Waals surface area contributed by atoms with Crippen molar-refractivity contribution in [1.82, 2.24) is 0 Å². The highest BCUT2D eigenvalue weighted by Crippen LogP contribution is 2.45. The van der Waals surface area contributed by atoms with Crippen LogP contribution in [0.25, 0.3) is 0 Å². The summed E-state index contributed by atoms with van der Waals surface area (Å²) >= 11 is 0. The zero-order valence-electron chi connectivity index (χ0n) is 14.0. The highest BCUT2D eigenvalue weighted by molar-refractivity contribution is 6.69. The van der Waals surface area contributed by atoms with Gasteiger partial charge < -0.3 is 9.22 Å². The molecule has 1 aliphatic carbocycles. The number of carbonyl (C=O) groups excluding carboxylic acids is 1. The molecule has 0 fully saturated rings. The maximum absolute atomic E-state index is 12.0. The quantitative estimate of drug-likeness (QED) is 0.600. The first-order valence-electron chi connectivity index (χ1n) is 8.25. The molecule has 0 saturated heterocycles. The molecule has 0 aromatic heterocycles. The van der Waals surface area contributed by atoms with Gasteiger partial charge in [0.25, 0.3) is 0 Å². The first kappa shape index (κ1) is 16.2. The number of carbonyl (C=O) groups is 1. The van der Waals surface area contributed by atoms with Crippen molar-refractivity contribution in [2.75, 3.05) is 0 Å². The molecule has 0 aliphatic heterocycles. The molecule has 0 radical (unpaired) electrons. The first-order valence-corrected chi connectivity index (χ1v) is 11.7. The zero-order valence-corrected chi connectivity index (χ0v) is 15.0. The van der Waals surface area contributed by atoms with Gasteiger partial charge in [0.2, 0.25) is 0 Å². The molecule has 3 rings (SSSR count). The van der Waals surface area contributed by atoms with Crippen LogP contribution < -0.4 is 0 Å². The summed E-state index contributed by atoms with van der Waals surface area (Å²) in [5.74, 6) is 0.0592. The smallest absolute Gasteiger partial charge is 0.184 e. The lowest BCUT2D eigenvalue weighted by Gasteiger charge is -2.40. The van der Waals surface area contributed by atoms with Crippen molar-refractivity contribution in [3.05, 3.63) is 71.3 Å². The lowest BCUT2D eigenvalue weighted by atomic mass is 9.72. The summed E-state index contributed by atoms with van der Waals surface area (Å²) in [5, 5.41) is 0. The van der Waals surface area contributed by atoms with Crippen molar-refractivity contribution in [3.63, 3.8) is 0 Å². The van der Waals surface area contributed by atoms with Crippen LogP contribution in [0.5, 0.6) is 0 Å². The standard InChI is InChI=1S/C20H24O2Si/c1-23(2,3)22-20-17-12-8-7-11-16(17)13-18(19(20)14-21)15-9-5-4-6-10-15/h4-12,14,18-20H,13H2,1-3H3. The molecule has 0 amide bonds. The third-order valence-corrected chi connectivity index (χ3v) is 5.44. The topological polar surface area (TPSA) is 26.3 Å². The van der Waals surface area contributed by atoms with Gasteiger partial charge in [-0.2, -0.15) is 0 Å². The molecular weight excluding hydrogens is 300 g/mol. The van der Waals surface area contributed by atoms with E-state index in [1.807, 2.05) is 24.3 Å². The number of fused-ring (bicyclic) bond motifs is 1. The van der Waals surface area contributed by atoms with E-state index in [1.54, 1.807) is 0 Å². The Morgan fingerprint density at radius 1 is 1.00 bits per heavy atom. The molecule has 3 heteroatoms. The largest absolute Gasteiger partial charge is 0.410 e. The predicted octanol–water partition coefficient (Wildman–Crippen LogP) is 4.73. The van der Waals surface area contributed by atoms with Crippen molar-refractivity contribution >= 4 is 14.6 Å². The molecule has 0 spiro atoms. The Labute approximate surface area is 139 Å². The predicted molar refractivity (Wildman–Crippen MR) is 96.1 cm³/mol. The highest BCUT2D eigenvalue weighted by atomic mass is 28.4. The van der Waals surface area contributed by atoms with Gasteiger partial charge in [0.1, 0.15) is 6.29 Å². The van der Waals surface area contributed by atoms with E-state index in [0.29, 0.717) is 0 Å². The van der Waals surface area contributed by atoms with Crippen molar-refractivity contribution in [3.8, 4) is 0 Å². The van der Waals surface area contributed by atoms with Crippen LogP contribution in [0.2, 0.25) is 19.6 Å². The average Bonchev–Trinajstić information content (AvgIpc) is 2.54. The Morgan fingerprint density at radius 2 is 1.65 bits per heavy atom. The lowest BCUT2D eigenvalue weighted by Crippen LogP contribution is -2.37. The van der Waals surface area contributed by atoms with Crippen LogP contribution in [0.15, 0.2) is 54.6 Å². The average molecular weight is 324 g/mol. The van der Waals surface area contributed by atoms with E-state index in [0.717, 1.165) is 12.7 Å². The Bertz CT molecular complexity index is 676. The zero-order chi connectivity index (χ0) is 16.4. The Balaban J connectivity index is 2.06. The van der Waals surface area contributed by atoms with Gasteiger partial charge in [0.05, 0.1) is 12.0 Å². The van der Waals surface area contributed by atoms with Gasteiger partial charge in [-0.05, 0) is 42.8 Å². The Kier molecular flexibility index (Phi) is 4.51. The second kappa shape index (κ2) is 6.42. The van der Waals surface area contributed by atoms with E-state index in [-0.39, 0.29) is 17.9 Å². The molecule has 3 unspecified atom stereocenters. The number of hydrogen-bond donors (Lipinski definition) is 0. The van der Waals surface area contributed by atoms with Gasteiger partial charge in [-0.3, -0.25) is 0 Å². The van der Waals surface area contributed by atoms with Crippen molar-refractivity contribution in [1.29, 1.82) is 0 Å². The number of hydrogen-bond acceptors (Lipinski definition) is 2. The fourth-order valence-electron chi connectivity index (χ4n) is 3.52. The number of rotatable bonds is 4. The lowest BCUT2D eigenvalue weighted by molar-refractivity contribution is -0.115. The molecule has 3 atom stereocenters. The molecule has 2 nitrogen and oxygen atoms in total. The maximum atomic E-state index is 12.0. The monoisotopic (exact) mass is 324 g/mol. The molecule has 0 bridgehead atoms. The van der Waals surface area contributed by atoms with Crippen LogP contribution in [0.3, 0.4) is 0 Å². The third kappa shape index (κ3) is 3.46. The van der Waals surface area contributed by atoms with E-state index in [4.69, 9.17) is 4.43 Å². The van der Waals surface area contributed by atoms with Crippen LogP contribution in [0.1, 0.15) is 28.7 Å². The highest BCUT2D eigenvalue weighted by Gasteiger charge is 2.39. The second-order valence-corrected chi connectivity index (χ2v) is 11.7. The van der Waals surface area contributed by atoms with Gasteiger partial charge in [-0.15, -0.1) is 0 Å². The van der Waals surface area contributed by atoms with Crippen molar-refractivity contribution < 1.29 is 9.22 Å². The molecule has 0 heterocycles. The van der Waals surface area contributed by atoms with Crippen molar-refractivity contribution in [2.24, 2.45) is 5.92 Å². The molecule has 2 aromatic carbocycles. The summed E-state index contributed by atoms with van der Waals surface area (Å²) in [5.41, 5.74) is 3.73. The van der Waals surface area contributed by atoms with Gasteiger partial charge in [-0.1, -0.05) is 54.6 Å². The summed E-state index contributed by atoms with van der Waals surface area (Å²) in [7, 11) is -1.76. The summed E-state index contributed by atoms with van der Waals surface area (Å²) < 4.78 is 6.47. The molecule has 23 heavy (non-hydrogen) atoms. The number of benzene rings is 2. The fraction of sp³-hybridized carbons (Fsp3) is 0.350. The molecule has 120 valence electrons. The molecular formula is C20H24O2Si. The van der Waals surface area contributed by atoms with Gasteiger partial charge in [0, 0.05) is 5.92 Å². The van der Waals surface area contributed by atoms with Crippen LogP contribution >= 0.6 is 0 Å². The molecule has 0 saturated carbocycles. The van der Waals surface area contributed by atoms with E-state index >= 15 is 0 Å². The van der Waals surface area contributed by atoms with E-state index in [1.165, 1.54) is 16.7 Å². The summed E-state index contributed by atoms with van der Waals surface area (Å²) in [6.07, 6.45) is 1.88. The summed E-state index contributed by atoms with van der Waals surface area (Å²) in [6, 6.07) is 18.8. The van der Waals surface area contributed by atoms with Crippen LogP contribution in [0.4, 0.5) is 0 Å². The van der Waals surface area contributed by atoms with Gasteiger partial charge in [0.15, 0.2) is 8.32 Å². The minimum atomic E-state index is -1.76. The molecule has 0 N–H and O–H groups in total. The van der Waals surface area contributed by atoms with E-state index in [2.05, 4.69) is 50.0 Å². The molecule has 2 aromatic rings. The van der Waals surface area contributed by atoms with E-state index in [9.17, 15) is 4.79 Å². The Morgan fingerprint density at radius 3 is 2.30 bits per heavy atom. The van der Waals surface area contributed by atoms with Crippen LogP contribution in [-0.2, 0) is 15.6 Å². The summed E-state index contributed by atoms with van der Waals surface area (Å²) in [4.78, 5) is 12.0.